The van der Waals surface area contributed by atoms with Gasteiger partial charge in [-0.25, -0.2) is 0 Å². The molecule has 138 valence electrons. The largest absolute Gasteiger partial charge is 0.465 e. The lowest BCUT2D eigenvalue weighted by molar-refractivity contribution is -0.144. The van der Waals surface area contributed by atoms with Gasteiger partial charge in [-0.3, -0.25) is 9.69 Å². The minimum absolute atomic E-state index is 0.153. The van der Waals surface area contributed by atoms with E-state index in [1.54, 1.807) is 0 Å². The van der Waals surface area contributed by atoms with Crippen LogP contribution in [0, 0.1) is 0 Å². The number of anilines is 1. The molecule has 1 heterocycles. The highest BCUT2D eigenvalue weighted by Gasteiger charge is 2.21. The number of carbonyl (C=O) groups is 1. The van der Waals surface area contributed by atoms with Gasteiger partial charge in [0.1, 0.15) is 0 Å². The van der Waals surface area contributed by atoms with Crippen LogP contribution in [0.5, 0.6) is 0 Å². The third-order valence-electron chi connectivity index (χ3n) is 4.34. The Bertz CT molecular complexity index is 554. The van der Waals surface area contributed by atoms with Crippen molar-refractivity contribution in [1.82, 2.24) is 9.80 Å². The molecule has 0 spiro atoms. The Balaban J connectivity index is 1.75. The monoisotopic (exact) mass is 363 g/mol. The predicted octanol–water partition coefficient (Wildman–Crippen LogP) is 2.91. The smallest absolute Gasteiger partial charge is 0.320 e. The number of aryl methyl sites for hydroxylation is 1. The second-order valence-electron chi connectivity index (χ2n) is 6.30. The van der Waals surface area contributed by atoms with Crippen molar-refractivity contribution < 1.29 is 9.53 Å². The molecule has 25 heavy (non-hydrogen) atoms. The third-order valence-corrected chi connectivity index (χ3v) is 4.70. The highest BCUT2D eigenvalue weighted by atomic mass is 32.1. The fourth-order valence-electron chi connectivity index (χ4n) is 2.84. The maximum atomic E-state index is 11.5. The summed E-state index contributed by atoms with van der Waals surface area (Å²) in [6, 6.07) is 8.51. The van der Waals surface area contributed by atoms with Crippen LogP contribution in [0.15, 0.2) is 24.3 Å². The summed E-state index contributed by atoms with van der Waals surface area (Å²) >= 11 is 5.53. The Morgan fingerprint density at radius 1 is 1.16 bits per heavy atom. The van der Waals surface area contributed by atoms with E-state index in [9.17, 15) is 4.79 Å². The van der Waals surface area contributed by atoms with E-state index in [1.165, 1.54) is 18.4 Å². The molecule has 0 aromatic heterocycles. The molecule has 1 N–H and O–H groups in total. The van der Waals surface area contributed by atoms with Crippen LogP contribution in [0.2, 0.25) is 0 Å². The average Bonchev–Trinajstić information content (AvgIpc) is 2.62. The Morgan fingerprint density at radius 3 is 2.44 bits per heavy atom. The molecule has 0 amide bonds. The number of nitrogens with one attached hydrogen (secondary N) is 1. The van der Waals surface area contributed by atoms with Crippen molar-refractivity contribution >= 4 is 29.0 Å². The standard InChI is InChI=1S/C19H29N3O2S/c1-3-5-6-16-7-9-17(10-8-16)20-19(25)22-13-11-21(12-14-22)15-18(23)24-4-2/h7-10H,3-6,11-15H2,1-2H3,(H,20,25). The summed E-state index contributed by atoms with van der Waals surface area (Å²) in [4.78, 5) is 15.8. The van der Waals surface area contributed by atoms with E-state index in [1.807, 2.05) is 6.92 Å². The molecular formula is C19H29N3O2S. The first-order valence-electron chi connectivity index (χ1n) is 9.15. The number of rotatable bonds is 7. The third kappa shape index (κ3) is 6.63. The van der Waals surface area contributed by atoms with Crippen molar-refractivity contribution in [3.05, 3.63) is 29.8 Å². The predicted molar refractivity (Wildman–Crippen MR) is 106 cm³/mol. The summed E-state index contributed by atoms with van der Waals surface area (Å²) in [5.41, 5.74) is 2.39. The van der Waals surface area contributed by atoms with Gasteiger partial charge in [-0.1, -0.05) is 25.5 Å². The van der Waals surface area contributed by atoms with Crippen LogP contribution >= 0.6 is 12.2 Å². The molecule has 6 heteroatoms. The van der Waals surface area contributed by atoms with Gasteiger partial charge in [-0.15, -0.1) is 0 Å². The molecule has 1 aliphatic rings. The number of esters is 1. The number of ether oxygens (including phenoxy) is 1. The molecule has 0 aliphatic carbocycles. The highest BCUT2D eigenvalue weighted by Crippen LogP contribution is 2.13. The maximum absolute atomic E-state index is 11.5. The van der Waals surface area contributed by atoms with Gasteiger partial charge < -0.3 is 15.0 Å². The van der Waals surface area contributed by atoms with E-state index in [2.05, 4.69) is 46.3 Å². The summed E-state index contributed by atoms with van der Waals surface area (Å²) in [5, 5.41) is 4.07. The first kappa shape index (κ1) is 19.7. The van der Waals surface area contributed by atoms with Gasteiger partial charge in [0.25, 0.3) is 0 Å². The normalized spacial score (nSPS) is 15.0. The zero-order valence-electron chi connectivity index (χ0n) is 15.3. The van der Waals surface area contributed by atoms with Crippen LogP contribution in [-0.4, -0.2) is 60.2 Å². The number of piperazine rings is 1. The zero-order valence-corrected chi connectivity index (χ0v) is 16.1. The SMILES string of the molecule is CCCCc1ccc(NC(=S)N2CCN(CC(=O)OCC)CC2)cc1. The topological polar surface area (TPSA) is 44.8 Å². The Labute approximate surface area is 156 Å². The van der Waals surface area contributed by atoms with Gasteiger partial charge in [-0.05, 0) is 49.7 Å². The van der Waals surface area contributed by atoms with Crippen molar-refractivity contribution in [3.63, 3.8) is 0 Å². The molecule has 0 unspecified atom stereocenters. The van der Waals surface area contributed by atoms with Gasteiger partial charge in [0, 0.05) is 31.9 Å². The zero-order chi connectivity index (χ0) is 18.1. The molecule has 0 atom stereocenters. The number of benzene rings is 1. The molecule has 2 rings (SSSR count). The van der Waals surface area contributed by atoms with E-state index in [0.717, 1.165) is 43.4 Å². The van der Waals surface area contributed by atoms with E-state index >= 15 is 0 Å². The number of nitrogens with zero attached hydrogens (tertiary/aromatic N) is 2. The Morgan fingerprint density at radius 2 is 1.84 bits per heavy atom. The maximum Gasteiger partial charge on any atom is 0.320 e. The van der Waals surface area contributed by atoms with Crippen LogP contribution in [0.1, 0.15) is 32.3 Å². The first-order valence-corrected chi connectivity index (χ1v) is 9.56. The van der Waals surface area contributed by atoms with Crippen molar-refractivity contribution in [1.29, 1.82) is 0 Å². The van der Waals surface area contributed by atoms with Crippen molar-refractivity contribution in [3.8, 4) is 0 Å². The van der Waals surface area contributed by atoms with E-state index < -0.39 is 0 Å². The number of unbranched alkanes of at least 4 members (excludes halogenated alkanes) is 1. The number of thiocarbonyl (C=S) groups is 1. The Kier molecular flexibility index (Phi) is 8.15. The molecule has 1 aromatic rings. The summed E-state index contributed by atoms with van der Waals surface area (Å²) in [7, 11) is 0. The minimum Gasteiger partial charge on any atom is -0.465 e. The summed E-state index contributed by atoms with van der Waals surface area (Å²) in [6.07, 6.45) is 3.57. The highest BCUT2D eigenvalue weighted by molar-refractivity contribution is 7.80. The second-order valence-corrected chi connectivity index (χ2v) is 6.69. The van der Waals surface area contributed by atoms with Gasteiger partial charge in [0.2, 0.25) is 0 Å². The van der Waals surface area contributed by atoms with E-state index in [0.29, 0.717) is 13.2 Å². The number of carbonyl (C=O) groups excluding carboxylic acids is 1. The Hall–Kier alpha value is -1.66. The molecule has 1 saturated heterocycles. The number of hydrogen-bond donors (Lipinski definition) is 1. The van der Waals surface area contributed by atoms with Crippen LogP contribution in [0.4, 0.5) is 5.69 Å². The molecule has 0 radical (unpaired) electrons. The lowest BCUT2D eigenvalue weighted by atomic mass is 10.1. The summed E-state index contributed by atoms with van der Waals surface area (Å²) in [5.74, 6) is -0.153. The summed E-state index contributed by atoms with van der Waals surface area (Å²) < 4.78 is 5.00. The van der Waals surface area contributed by atoms with E-state index in [-0.39, 0.29) is 5.97 Å². The van der Waals surface area contributed by atoms with Crippen molar-refractivity contribution in [2.45, 2.75) is 33.1 Å². The first-order chi connectivity index (χ1) is 12.1. The molecule has 1 fully saturated rings. The van der Waals surface area contributed by atoms with Gasteiger partial charge in [0.05, 0.1) is 13.2 Å². The van der Waals surface area contributed by atoms with Gasteiger partial charge in [0.15, 0.2) is 5.11 Å². The van der Waals surface area contributed by atoms with Crippen molar-refractivity contribution in [2.75, 3.05) is 44.6 Å². The molecular weight excluding hydrogens is 334 g/mol. The molecule has 5 nitrogen and oxygen atoms in total. The average molecular weight is 364 g/mol. The molecule has 0 bridgehead atoms. The van der Waals surface area contributed by atoms with E-state index in [4.69, 9.17) is 17.0 Å². The van der Waals surface area contributed by atoms with Crippen molar-refractivity contribution in [2.24, 2.45) is 0 Å². The lowest BCUT2D eigenvalue weighted by Gasteiger charge is -2.35. The number of hydrogen-bond acceptors (Lipinski definition) is 4. The molecule has 0 saturated carbocycles. The fourth-order valence-corrected chi connectivity index (χ4v) is 3.14. The van der Waals surface area contributed by atoms with Crippen LogP contribution in [0.25, 0.3) is 0 Å². The molecule has 1 aliphatic heterocycles. The van der Waals surface area contributed by atoms with Crippen LogP contribution < -0.4 is 5.32 Å². The van der Waals surface area contributed by atoms with Crippen LogP contribution in [-0.2, 0) is 16.0 Å². The summed E-state index contributed by atoms with van der Waals surface area (Å²) in [6.45, 7) is 8.11. The quantitative estimate of drug-likeness (QED) is 0.594. The van der Waals surface area contributed by atoms with Gasteiger partial charge >= 0.3 is 5.97 Å². The fraction of sp³-hybridized carbons (Fsp3) is 0.579. The van der Waals surface area contributed by atoms with Gasteiger partial charge in [-0.2, -0.15) is 0 Å². The lowest BCUT2D eigenvalue weighted by Crippen LogP contribution is -2.51. The van der Waals surface area contributed by atoms with Crippen LogP contribution in [0.3, 0.4) is 0 Å². The minimum atomic E-state index is -0.153. The second kappa shape index (κ2) is 10.4. The molecule has 1 aromatic carbocycles.